The van der Waals surface area contributed by atoms with Crippen LogP contribution in [-0.4, -0.2) is 22.3 Å². The summed E-state index contributed by atoms with van der Waals surface area (Å²) in [6.07, 6.45) is 3.93. The molecule has 0 fully saturated rings. The molecule has 0 saturated carbocycles. The summed E-state index contributed by atoms with van der Waals surface area (Å²) in [5.41, 5.74) is 3.15. The highest BCUT2D eigenvalue weighted by Gasteiger charge is 1.87. The second-order valence-corrected chi connectivity index (χ2v) is 1.95. The van der Waals surface area contributed by atoms with Crippen molar-refractivity contribution in [2.45, 2.75) is 0 Å². The number of hydrogen-bond acceptors (Lipinski definition) is 4. The van der Waals surface area contributed by atoms with Crippen LogP contribution in [0.4, 0.5) is 5.69 Å². The van der Waals surface area contributed by atoms with Gasteiger partial charge in [-0.15, -0.1) is 12.4 Å². The minimum Gasteiger partial charge on any atom is -0.477 e. The zero-order valence-electron chi connectivity index (χ0n) is 6.54. The minimum absolute atomic E-state index is 0. The standard InChI is InChI=1S/C7H7N3O2.ClH/c11-7(12)5-9-10-6-2-1-3-8-4-6;/h1-5,10H,(H,11,12);1H. The van der Waals surface area contributed by atoms with Crippen LogP contribution in [0.2, 0.25) is 0 Å². The molecule has 5 nitrogen and oxygen atoms in total. The zero-order chi connectivity index (χ0) is 8.81. The predicted molar refractivity (Wildman–Crippen MR) is 51.2 cm³/mol. The largest absolute Gasteiger partial charge is 0.477 e. The van der Waals surface area contributed by atoms with Crippen molar-refractivity contribution in [1.29, 1.82) is 0 Å². The lowest BCUT2D eigenvalue weighted by Crippen LogP contribution is -1.98. The van der Waals surface area contributed by atoms with Crippen LogP contribution in [0.25, 0.3) is 0 Å². The summed E-state index contributed by atoms with van der Waals surface area (Å²) < 4.78 is 0. The Kier molecular flexibility index (Phi) is 5.22. The van der Waals surface area contributed by atoms with E-state index >= 15 is 0 Å². The van der Waals surface area contributed by atoms with Crippen molar-refractivity contribution < 1.29 is 9.90 Å². The van der Waals surface area contributed by atoms with Gasteiger partial charge in [0.1, 0.15) is 6.21 Å². The molecule has 0 aromatic carbocycles. The van der Waals surface area contributed by atoms with E-state index in [1.165, 1.54) is 0 Å². The molecule has 6 heteroatoms. The van der Waals surface area contributed by atoms with Gasteiger partial charge in [-0.05, 0) is 12.1 Å². The number of aliphatic carboxylic acids is 1. The number of carboxylic acids is 1. The molecule has 0 saturated heterocycles. The van der Waals surface area contributed by atoms with E-state index in [9.17, 15) is 4.79 Å². The molecule has 0 aliphatic rings. The first kappa shape index (κ1) is 11.4. The second-order valence-electron chi connectivity index (χ2n) is 1.95. The van der Waals surface area contributed by atoms with Gasteiger partial charge in [-0.1, -0.05) is 0 Å². The Balaban J connectivity index is 0.00000144. The normalized spacial score (nSPS) is 9.23. The molecule has 0 spiro atoms. The summed E-state index contributed by atoms with van der Waals surface area (Å²) in [6.45, 7) is 0. The number of nitrogens with one attached hydrogen (secondary N) is 1. The highest BCUT2D eigenvalue weighted by atomic mass is 35.5. The highest BCUT2D eigenvalue weighted by Crippen LogP contribution is 2.00. The third kappa shape index (κ3) is 4.76. The van der Waals surface area contributed by atoms with Gasteiger partial charge in [-0.3, -0.25) is 10.4 Å². The molecule has 1 rings (SSSR count). The first-order valence-corrected chi connectivity index (χ1v) is 3.21. The Morgan fingerprint density at radius 3 is 3.00 bits per heavy atom. The van der Waals surface area contributed by atoms with Crippen LogP contribution < -0.4 is 5.43 Å². The van der Waals surface area contributed by atoms with E-state index in [-0.39, 0.29) is 12.4 Å². The van der Waals surface area contributed by atoms with Gasteiger partial charge in [0.05, 0.1) is 11.9 Å². The van der Waals surface area contributed by atoms with Crippen LogP contribution in [-0.2, 0) is 4.79 Å². The summed E-state index contributed by atoms with van der Waals surface area (Å²) in [6, 6.07) is 3.45. The zero-order valence-corrected chi connectivity index (χ0v) is 7.36. The van der Waals surface area contributed by atoms with E-state index in [4.69, 9.17) is 5.11 Å². The quantitative estimate of drug-likeness (QED) is 0.565. The number of carbonyl (C=O) groups is 1. The fourth-order valence-corrected chi connectivity index (χ4v) is 0.591. The predicted octanol–water partition coefficient (Wildman–Crippen LogP) is 0.986. The number of aromatic nitrogens is 1. The van der Waals surface area contributed by atoms with Crippen molar-refractivity contribution in [3.63, 3.8) is 0 Å². The first-order valence-electron chi connectivity index (χ1n) is 3.21. The highest BCUT2D eigenvalue weighted by molar-refractivity contribution is 6.22. The summed E-state index contributed by atoms with van der Waals surface area (Å²) in [5.74, 6) is -1.09. The van der Waals surface area contributed by atoms with Gasteiger partial charge in [0.2, 0.25) is 0 Å². The molecule has 2 N–H and O–H groups in total. The van der Waals surface area contributed by atoms with E-state index in [1.807, 2.05) is 0 Å². The lowest BCUT2D eigenvalue weighted by Gasteiger charge is -1.95. The molecule has 0 radical (unpaired) electrons. The first-order chi connectivity index (χ1) is 5.79. The van der Waals surface area contributed by atoms with Crippen LogP contribution in [0, 0.1) is 0 Å². The maximum atomic E-state index is 9.98. The molecule has 0 amide bonds. The Labute approximate surface area is 80.9 Å². The van der Waals surface area contributed by atoms with Gasteiger partial charge in [0, 0.05) is 6.20 Å². The molecule has 0 aliphatic carbocycles. The lowest BCUT2D eigenvalue weighted by atomic mass is 10.4. The average molecular weight is 202 g/mol. The number of nitrogens with zero attached hydrogens (tertiary/aromatic N) is 2. The van der Waals surface area contributed by atoms with Crippen molar-refractivity contribution in [3.8, 4) is 0 Å². The van der Waals surface area contributed by atoms with E-state index < -0.39 is 5.97 Å². The van der Waals surface area contributed by atoms with E-state index in [1.54, 1.807) is 24.5 Å². The molecule has 0 atom stereocenters. The molecular weight excluding hydrogens is 194 g/mol. The molecular formula is C7H8ClN3O2. The number of rotatable bonds is 3. The SMILES string of the molecule is Cl.O=C(O)C=NNc1cccnc1. The summed E-state index contributed by atoms with van der Waals surface area (Å²) in [4.78, 5) is 13.8. The van der Waals surface area contributed by atoms with Crippen molar-refractivity contribution in [3.05, 3.63) is 24.5 Å². The van der Waals surface area contributed by atoms with Crippen LogP contribution in [0.15, 0.2) is 29.6 Å². The van der Waals surface area contributed by atoms with E-state index in [2.05, 4.69) is 15.5 Å². The van der Waals surface area contributed by atoms with Gasteiger partial charge < -0.3 is 5.11 Å². The van der Waals surface area contributed by atoms with Crippen molar-refractivity contribution in [2.75, 3.05) is 5.43 Å². The molecule has 0 bridgehead atoms. The van der Waals surface area contributed by atoms with Gasteiger partial charge in [0.25, 0.3) is 0 Å². The van der Waals surface area contributed by atoms with Crippen LogP contribution in [0.5, 0.6) is 0 Å². The van der Waals surface area contributed by atoms with Gasteiger partial charge >= 0.3 is 5.97 Å². The van der Waals surface area contributed by atoms with Crippen LogP contribution >= 0.6 is 12.4 Å². The Bertz CT molecular complexity index is 289. The second kappa shape index (κ2) is 5.96. The van der Waals surface area contributed by atoms with Gasteiger partial charge in [0.15, 0.2) is 0 Å². The van der Waals surface area contributed by atoms with Crippen molar-refractivity contribution >= 4 is 30.3 Å². The van der Waals surface area contributed by atoms with Gasteiger partial charge in [-0.2, -0.15) is 5.10 Å². The van der Waals surface area contributed by atoms with Gasteiger partial charge in [-0.25, -0.2) is 4.79 Å². The number of hydrogen-bond donors (Lipinski definition) is 2. The fraction of sp³-hybridized carbons (Fsp3) is 0. The number of carboxylic acid groups (broad SMARTS) is 1. The number of pyridine rings is 1. The molecule has 0 aliphatic heterocycles. The van der Waals surface area contributed by atoms with Crippen molar-refractivity contribution in [2.24, 2.45) is 5.10 Å². The number of hydrazone groups is 1. The number of halogens is 1. The monoisotopic (exact) mass is 201 g/mol. The lowest BCUT2D eigenvalue weighted by molar-refractivity contribution is -0.128. The average Bonchev–Trinajstić information content (AvgIpc) is 2.05. The Hall–Kier alpha value is -1.62. The Morgan fingerprint density at radius 2 is 2.46 bits per heavy atom. The topological polar surface area (TPSA) is 74.6 Å². The smallest absolute Gasteiger partial charge is 0.348 e. The third-order valence-corrected chi connectivity index (χ3v) is 1.03. The molecule has 13 heavy (non-hydrogen) atoms. The third-order valence-electron chi connectivity index (χ3n) is 1.03. The fourth-order valence-electron chi connectivity index (χ4n) is 0.591. The Morgan fingerprint density at radius 1 is 1.69 bits per heavy atom. The summed E-state index contributed by atoms with van der Waals surface area (Å²) in [5, 5.41) is 11.6. The van der Waals surface area contributed by atoms with Crippen LogP contribution in [0.3, 0.4) is 0 Å². The molecule has 1 heterocycles. The maximum absolute atomic E-state index is 9.98. The summed E-state index contributed by atoms with van der Waals surface area (Å²) >= 11 is 0. The molecule has 0 unspecified atom stereocenters. The molecule has 70 valence electrons. The van der Waals surface area contributed by atoms with E-state index in [0.29, 0.717) is 5.69 Å². The maximum Gasteiger partial charge on any atom is 0.348 e. The van der Waals surface area contributed by atoms with Crippen LogP contribution in [0.1, 0.15) is 0 Å². The molecule has 1 aromatic rings. The number of anilines is 1. The van der Waals surface area contributed by atoms with E-state index in [0.717, 1.165) is 6.21 Å². The van der Waals surface area contributed by atoms with Crippen molar-refractivity contribution in [1.82, 2.24) is 4.98 Å². The summed E-state index contributed by atoms with van der Waals surface area (Å²) in [7, 11) is 0. The molecule has 1 aromatic heterocycles. The minimum atomic E-state index is -1.09.